The number of sulfonamides is 1. The van der Waals surface area contributed by atoms with Gasteiger partial charge >= 0.3 is 0 Å². The van der Waals surface area contributed by atoms with Gasteiger partial charge in [-0.05, 0) is 35.6 Å². The molecule has 8 nitrogen and oxygen atoms in total. The quantitative estimate of drug-likeness (QED) is 0.283. The third-order valence-corrected chi connectivity index (χ3v) is 7.84. The summed E-state index contributed by atoms with van der Waals surface area (Å²) in [5.74, 6) is 0.375. The van der Waals surface area contributed by atoms with Gasteiger partial charge in [0.15, 0.2) is 0 Å². The van der Waals surface area contributed by atoms with Crippen LogP contribution in [-0.4, -0.2) is 57.6 Å². The van der Waals surface area contributed by atoms with E-state index in [0.29, 0.717) is 24.4 Å². The lowest BCUT2D eigenvalue weighted by Gasteiger charge is -2.32. The lowest BCUT2D eigenvalue weighted by Crippen LogP contribution is -2.51. The summed E-state index contributed by atoms with van der Waals surface area (Å²) < 4.78 is 31.8. The summed E-state index contributed by atoms with van der Waals surface area (Å²) in [4.78, 5) is 29.0. The van der Waals surface area contributed by atoms with Gasteiger partial charge in [0, 0.05) is 38.5 Å². The van der Waals surface area contributed by atoms with Crippen molar-refractivity contribution < 1.29 is 22.7 Å². The smallest absolute Gasteiger partial charge is 0.243 e. The molecule has 0 unspecified atom stereocenters. The number of nitrogens with one attached hydrogen (secondary N) is 1. The average Bonchev–Trinajstić information content (AvgIpc) is 2.96. The monoisotopic (exact) mass is 579 g/mol. The number of benzene rings is 3. The molecule has 2 amide bonds. The number of methoxy groups -OCH3 is 1. The van der Waals surface area contributed by atoms with Gasteiger partial charge in [-0.15, -0.1) is 0 Å². The molecule has 0 radical (unpaired) electrons. The molecule has 0 bridgehead atoms. The summed E-state index contributed by atoms with van der Waals surface area (Å²) in [6.45, 7) is 4.92. The number of ether oxygens (including phenoxy) is 1. The van der Waals surface area contributed by atoms with Crippen LogP contribution in [0.2, 0.25) is 0 Å². The number of amides is 2. The molecule has 0 saturated carbocycles. The molecule has 41 heavy (non-hydrogen) atoms. The van der Waals surface area contributed by atoms with E-state index in [1.807, 2.05) is 74.5 Å². The Balaban J connectivity index is 1.86. The van der Waals surface area contributed by atoms with Crippen molar-refractivity contribution in [1.82, 2.24) is 10.2 Å². The van der Waals surface area contributed by atoms with Crippen LogP contribution in [0.1, 0.15) is 37.8 Å². The van der Waals surface area contributed by atoms with E-state index < -0.39 is 16.1 Å². The van der Waals surface area contributed by atoms with E-state index in [2.05, 4.69) is 5.32 Å². The average molecular weight is 580 g/mol. The van der Waals surface area contributed by atoms with Gasteiger partial charge in [0.05, 0.1) is 19.1 Å². The van der Waals surface area contributed by atoms with E-state index in [1.54, 1.807) is 29.2 Å². The first kappa shape index (κ1) is 31.7. The van der Waals surface area contributed by atoms with Gasteiger partial charge in [-0.3, -0.25) is 13.9 Å². The number of nitrogens with zero attached hydrogens (tertiary/aromatic N) is 2. The molecule has 3 rings (SSSR count). The molecular formula is C32H41N3O5S. The van der Waals surface area contributed by atoms with Crippen LogP contribution in [0.3, 0.4) is 0 Å². The molecule has 0 aliphatic rings. The third-order valence-electron chi connectivity index (χ3n) is 6.64. The lowest BCUT2D eigenvalue weighted by molar-refractivity contribution is -0.141. The molecule has 0 aliphatic carbocycles. The summed E-state index contributed by atoms with van der Waals surface area (Å²) >= 11 is 0. The first-order valence-corrected chi connectivity index (χ1v) is 15.7. The molecule has 3 aromatic rings. The van der Waals surface area contributed by atoms with E-state index in [4.69, 9.17) is 4.74 Å². The Morgan fingerprint density at radius 1 is 0.902 bits per heavy atom. The number of anilines is 1. The van der Waals surface area contributed by atoms with Crippen molar-refractivity contribution in [3.63, 3.8) is 0 Å². The van der Waals surface area contributed by atoms with E-state index in [-0.39, 0.29) is 43.7 Å². The Kier molecular flexibility index (Phi) is 11.8. The fourth-order valence-corrected chi connectivity index (χ4v) is 5.48. The van der Waals surface area contributed by atoms with E-state index >= 15 is 0 Å². The highest BCUT2D eigenvalue weighted by Gasteiger charge is 2.30. The largest absolute Gasteiger partial charge is 0.497 e. The van der Waals surface area contributed by atoms with Gasteiger partial charge < -0.3 is 15.0 Å². The van der Waals surface area contributed by atoms with Crippen LogP contribution in [-0.2, 0) is 32.6 Å². The molecule has 3 aromatic carbocycles. The topological polar surface area (TPSA) is 96.0 Å². The van der Waals surface area contributed by atoms with Gasteiger partial charge in [-0.25, -0.2) is 8.42 Å². The van der Waals surface area contributed by atoms with Crippen molar-refractivity contribution in [2.75, 3.05) is 30.8 Å². The minimum atomic E-state index is -3.61. The Morgan fingerprint density at radius 3 is 2.12 bits per heavy atom. The van der Waals surface area contributed by atoms with E-state index in [1.165, 1.54) is 11.4 Å². The highest BCUT2D eigenvalue weighted by Crippen LogP contribution is 2.24. The first-order valence-electron chi connectivity index (χ1n) is 13.8. The van der Waals surface area contributed by atoms with Crippen molar-refractivity contribution in [3.8, 4) is 5.75 Å². The second kappa shape index (κ2) is 15.2. The van der Waals surface area contributed by atoms with Crippen molar-refractivity contribution in [3.05, 3.63) is 96.1 Å². The van der Waals surface area contributed by atoms with Crippen molar-refractivity contribution in [1.29, 1.82) is 0 Å². The molecule has 1 atom stereocenters. The zero-order valence-corrected chi connectivity index (χ0v) is 25.1. The predicted molar refractivity (Wildman–Crippen MR) is 163 cm³/mol. The molecule has 1 N–H and O–H groups in total. The van der Waals surface area contributed by atoms with Crippen LogP contribution in [0.5, 0.6) is 5.75 Å². The van der Waals surface area contributed by atoms with Crippen LogP contribution in [0, 0.1) is 5.92 Å². The Hall–Kier alpha value is -3.85. The van der Waals surface area contributed by atoms with Crippen molar-refractivity contribution in [2.45, 2.75) is 45.7 Å². The molecule has 220 valence electrons. The molecule has 0 heterocycles. The highest BCUT2D eigenvalue weighted by molar-refractivity contribution is 7.92. The number of hydrogen-bond donors (Lipinski definition) is 1. The minimum absolute atomic E-state index is 0.0750. The summed E-state index contributed by atoms with van der Waals surface area (Å²) in [7, 11) is -2.09. The van der Waals surface area contributed by atoms with Gasteiger partial charge in [0.1, 0.15) is 11.8 Å². The summed E-state index contributed by atoms with van der Waals surface area (Å²) in [6.07, 6.45) is 1.86. The fourth-order valence-electron chi connectivity index (χ4n) is 4.53. The summed E-state index contributed by atoms with van der Waals surface area (Å²) in [5.41, 5.74) is 2.32. The zero-order chi connectivity index (χ0) is 29.8. The second-order valence-corrected chi connectivity index (χ2v) is 12.4. The van der Waals surface area contributed by atoms with Crippen molar-refractivity contribution >= 4 is 27.5 Å². The van der Waals surface area contributed by atoms with Gasteiger partial charge in [-0.1, -0.05) is 80.6 Å². The third kappa shape index (κ3) is 9.93. The summed E-state index contributed by atoms with van der Waals surface area (Å²) in [5, 5.41) is 3.02. The highest BCUT2D eigenvalue weighted by atomic mass is 32.2. The molecule has 0 saturated heterocycles. The predicted octanol–water partition coefficient (Wildman–Crippen LogP) is 4.65. The molecule has 0 spiro atoms. The number of carbonyl (C=O) groups is 2. The van der Waals surface area contributed by atoms with Crippen LogP contribution >= 0.6 is 0 Å². The maximum atomic E-state index is 13.8. The number of hydrogen-bond acceptors (Lipinski definition) is 5. The van der Waals surface area contributed by atoms with Crippen molar-refractivity contribution in [2.24, 2.45) is 5.92 Å². The lowest BCUT2D eigenvalue weighted by atomic mass is 10.0. The Morgan fingerprint density at radius 2 is 1.54 bits per heavy atom. The molecule has 0 fully saturated rings. The van der Waals surface area contributed by atoms with E-state index in [9.17, 15) is 18.0 Å². The Bertz CT molecular complexity index is 1360. The summed E-state index contributed by atoms with van der Waals surface area (Å²) in [6, 6.07) is 25.3. The fraction of sp³-hybridized carbons (Fsp3) is 0.375. The number of rotatable bonds is 15. The number of carbonyl (C=O) groups excluding carboxylic acids is 2. The minimum Gasteiger partial charge on any atom is -0.497 e. The van der Waals surface area contributed by atoms with Crippen LogP contribution < -0.4 is 14.4 Å². The maximum absolute atomic E-state index is 13.8. The zero-order valence-electron chi connectivity index (χ0n) is 24.3. The molecule has 9 heteroatoms. The first-order chi connectivity index (χ1) is 19.6. The second-order valence-electron chi connectivity index (χ2n) is 10.5. The Labute approximate surface area is 244 Å². The van der Waals surface area contributed by atoms with Crippen LogP contribution in [0.15, 0.2) is 84.9 Å². The molecule has 0 aliphatic heterocycles. The standard InChI is InChI=1S/C32H41N3O5S/c1-25(2)23-33-32(37)30(21-26-13-7-5-8-14-26)34(24-27-15-9-6-10-16-27)31(36)19-12-20-35(41(4,38)39)28-17-11-18-29(22-28)40-3/h5-11,13-18,22,25,30H,12,19-21,23-24H2,1-4H3,(H,33,37)/t30-/m1/s1. The van der Waals surface area contributed by atoms with Gasteiger partial charge in [0.2, 0.25) is 21.8 Å². The molecule has 0 aromatic heterocycles. The van der Waals surface area contributed by atoms with Gasteiger partial charge in [-0.2, -0.15) is 0 Å². The normalized spacial score (nSPS) is 12.0. The van der Waals surface area contributed by atoms with Gasteiger partial charge in [0.25, 0.3) is 0 Å². The van der Waals surface area contributed by atoms with Crippen LogP contribution in [0.25, 0.3) is 0 Å². The molecular weight excluding hydrogens is 538 g/mol. The van der Waals surface area contributed by atoms with E-state index in [0.717, 1.165) is 17.4 Å². The van der Waals surface area contributed by atoms with Crippen LogP contribution in [0.4, 0.5) is 5.69 Å². The SMILES string of the molecule is COc1cccc(N(CCCC(=O)N(Cc2ccccc2)[C@H](Cc2ccccc2)C(=O)NCC(C)C)S(C)(=O)=O)c1. The maximum Gasteiger partial charge on any atom is 0.243 e.